The third kappa shape index (κ3) is 4.07. The topological polar surface area (TPSA) is 61.2 Å². The number of azide groups is 1. The van der Waals surface area contributed by atoms with Crippen LogP contribution in [0, 0.1) is 11.8 Å². The monoisotopic (exact) mass is 252 g/mol. The van der Waals surface area contributed by atoms with E-state index in [9.17, 15) is 13.2 Å². The second kappa shape index (κ2) is 6.09. The van der Waals surface area contributed by atoms with Gasteiger partial charge in [-0.1, -0.05) is 5.11 Å². The van der Waals surface area contributed by atoms with Crippen molar-refractivity contribution in [2.45, 2.75) is 6.18 Å². The van der Waals surface area contributed by atoms with Crippen LogP contribution in [0.3, 0.4) is 0 Å². The molecule has 2 atom stereocenters. The SMILES string of the molecule is COC[C@@H]1CN(CCN=[N+]=[N-])C[C@@H]1C(F)(F)F. The highest BCUT2D eigenvalue weighted by atomic mass is 19.4. The molecule has 0 N–H and O–H groups in total. The molecule has 0 aromatic rings. The molecule has 0 saturated carbocycles. The molecule has 0 aliphatic carbocycles. The molecular formula is C9H15F3N4O. The Hall–Kier alpha value is -0.980. The van der Waals surface area contributed by atoms with Gasteiger partial charge in [0.15, 0.2) is 0 Å². The van der Waals surface area contributed by atoms with Crippen LogP contribution < -0.4 is 0 Å². The van der Waals surface area contributed by atoms with Crippen LogP contribution in [-0.4, -0.2) is 51.0 Å². The number of halogens is 3. The number of hydrogen-bond donors (Lipinski definition) is 0. The zero-order valence-corrected chi connectivity index (χ0v) is 9.52. The van der Waals surface area contributed by atoms with Crippen LogP contribution in [0.5, 0.6) is 0 Å². The molecule has 0 bridgehead atoms. The zero-order valence-electron chi connectivity index (χ0n) is 9.52. The van der Waals surface area contributed by atoms with Crippen LogP contribution in [0.1, 0.15) is 0 Å². The van der Waals surface area contributed by atoms with Crippen LogP contribution in [0.2, 0.25) is 0 Å². The summed E-state index contributed by atoms with van der Waals surface area (Å²) in [5.74, 6) is -1.89. The van der Waals surface area contributed by atoms with E-state index in [2.05, 4.69) is 10.0 Å². The molecule has 0 aromatic heterocycles. The second-order valence-corrected chi connectivity index (χ2v) is 4.08. The van der Waals surface area contributed by atoms with Crippen molar-refractivity contribution in [2.75, 3.05) is 39.9 Å². The summed E-state index contributed by atoms with van der Waals surface area (Å²) in [6, 6.07) is 0. The summed E-state index contributed by atoms with van der Waals surface area (Å²) >= 11 is 0. The van der Waals surface area contributed by atoms with Crippen molar-refractivity contribution in [1.82, 2.24) is 4.90 Å². The van der Waals surface area contributed by atoms with Gasteiger partial charge in [-0.2, -0.15) is 13.2 Å². The fourth-order valence-electron chi connectivity index (χ4n) is 2.13. The van der Waals surface area contributed by atoms with E-state index in [1.165, 1.54) is 7.11 Å². The normalized spacial score (nSPS) is 25.9. The first-order chi connectivity index (χ1) is 7.99. The van der Waals surface area contributed by atoms with E-state index in [-0.39, 0.29) is 19.7 Å². The summed E-state index contributed by atoms with van der Waals surface area (Å²) in [6.07, 6.45) is -4.20. The van der Waals surface area contributed by atoms with Crippen molar-refractivity contribution in [3.8, 4) is 0 Å². The Morgan fingerprint density at radius 2 is 2.18 bits per heavy atom. The molecule has 0 amide bonds. The Labute approximate surface area is 97.2 Å². The first-order valence-corrected chi connectivity index (χ1v) is 5.28. The molecule has 1 aliphatic rings. The minimum absolute atomic E-state index is 0.0432. The van der Waals surface area contributed by atoms with E-state index < -0.39 is 18.0 Å². The lowest BCUT2D eigenvalue weighted by Gasteiger charge is -2.20. The number of alkyl halides is 3. The van der Waals surface area contributed by atoms with Crippen LogP contribution in [0.15, 0.2) is 5.11 Å². The molecule has 17 heavy (non-hydrogen) atoms. The Bertz CT molecular complexity index is 290. The van der Waals surface area contributed by atoms with Crippen molar-refractivity contribution in [3.05, 3.63) is 10.4 Å². The van der Waals surface area contributed by atoms with E-state index in [1.807, 2.05) is 0 Å². The van der Waals surface area contributed by atoms with Gasteiger partial charge in [-0.25, -0.2) is 0 Å². The zero-order chi connectivity index (χ0) is 12.9. The molecule has 8 heteroatoms. The van der Waals surface area contributed by atoms with E-state index >= 15 is 0 Å². The lowest BCUT2D eigenvalue weighted by atomic mass is 9.96. The Morgan fingerprint density at radius 1 is 1.47 bits per heavy atom. The average Bonchev–Trinajstić information content (AvgIpc) is 2.62. The summed E-state index contributed by atoms with van der Waals surface area (Å²) in [5.41, 5.74) is 8.10. The number of nitrogens with zero attached hydrogens (tertiary/aromatic N) is 4. The molecule has 0 radical (unpaired) electrons. The van der Waals surface area contributed by atoms with Gasteiger partial charge in [0.25, 0.3) is 0 Å². The number of rotatable bonds is 5. The molecule has 0 aromatic carbocycles. The summed E-state index contributed by atoms with van der Waals surface area (Å²) in [5, 5.41) is 3.32. The van der Waals surface area contributed by atoms with E-state index in [1.54, 1.807) is 4.90 Å². The Morgan fingerprint density at radius 3 is 2.71 bits per heavy atom. The maximum absolute atomic E-state index is 12.7. The van der Waals surface area contributed by atoms with E-state index in [0.29, 0.717) is 13.1 Å². The minimum Gasteiger partial charge on any atom is -0.384 e. The van der Waals surface area contributed by atoms with Crippen molar-refractivity contribution in [2.24, 2.45) is 17.0 Å². The summed E-state index contributed by atoms with van der Waals surface area (Å²) < 4.78 is 43.0. The van der Waals surface area contributed by atoms with Crippen LogP contribution in [0.4, 0.5) is 13.2 Å². The molecular weight excluding hydrogens is 237 g/mol. The van der Waals surface area contributed by atoms with Gasteiger partial charge < -0.3 is 9.64 Å². The standard InChI is InChI=1S/C9H15F3N4O/c1-17-6-7-4-16(3-2-14-15-13)5-8(7)9(10,11)12/h7-8H,2-6H2,1H3/t7-,8-/m0/s1. The van der Waals surface area contributed by atoms with Crippen LogP contribution in [0.25, 0.3) is 10.4 Å². The summed E-state index contributed by atoms with van der Waals surface area (Å²) in [4.78, 5) is 4.23. The van der Waals surface area contributed by atoms with Gasteiger partial charge in [0.1, 0.15) is 0 Å². The molecule has 0 spiro atoms. The van der Waals surface area contributed by atoms with Gasteiger partial charge in [-0.15, -0.1) is 0 Å². The molecule has 5 nitrogen and oxygen atoms in total. The van der Waals surface area contributed by atoms with Crippen LogP contribution in [-0.2, 0) is 4.74 Å². The second-order valence-electron chi connectivity index (χ2n) is 4.08. The first kappa shape index (κ1) is 14.1. The van der Waals surface area contributed by atoms with Crippen molar-refractivity contribution < 1.29 is 17.9 Å². The van der Waals surface area contributed by atoms with E-state index in [0.717, 1.165) is 0 Å². The van der Waals surface area contributed by atoms with Crippen molar-refractivity contribution in [3.63, 3.8) is 0 Å². The highest BCUT2D eigenvalue weighted by Crippen LogP contribution is 2.37. The number of ether oxygens (including phenoxy) is 1. The molecule has 1 heterocycles. The minimum atomic E-state index is -4.20. The lowest BCUT2D eigenvalue weighted by molar-refractivity contribution is -0.183. The smallest absolute Gasteiger partial charge is 0.384 e. The van der Waals surface area contributed by atoms with Crippen LogP contribution >= 0.6 is 0 Å². The molecule has 0 unspecified atom stereocenters. The van der Waals surface area contributed by atoms with Gasteiger partial charge in [0.05, 0.1) is 12.5 Å². The summed E-state index contributed by atoms with van der Waals surface area (Å²) in [6.45, 7) is 0.942. The van der Waals surface area contributed by atoms with Gasteiger partial charge in [0.2, 0.25) is 0 Å². The number of hydrogen-bond acceptors (Lipinski definition) is 3. The van der Waals surface area contributed by atoms with Crippen molar-refractivity contribution in [1.29, 1.82) is 0 Å². The third-order valence-electron chi connectivity index (χ3n) is 2.90. The molecule has 1 saturated heterocycles. The molecule has 98 valence electrons. The maximum atomic E-state index is 12.7. The largest absolute Gasteiger partial charge is 0.393 e. The highest BCUT2D eigenvalue weighted by molar-refractivity contribution is 4.88. The Balaban J connectivity index is 2.55. The number of likely N-dealkylation sites (tertiary alicyclic amines) is 1. The maximum Gasteiger partial charge on any atom is 0.393 e. The predicted molar refractivity (Wildman–Crippen MR) is 55.4 cm³/mol. The predicted octanol–water partition coefficient (Wildman–Crippen LogP) is 2.05. The Kier molecular flexibility index (Phi) is 5.04. The van der Waals surface area contributed by atoms with Gasteiger partial charge in [-0.3, -0.25) is 0 Å². The van der Waals surface area contributed by atoms with Gasteiger partial charge >= 0.3 is 6.18 Å². The fraction of sp³-hybridized carbons (Fsp3) is 1.00. The van der Waals surface area contributed by atoms with Gasteiger partial charge in [0, 0.05) is 44.1 Å². The quantitative estimate of drug-likeness (QED) is 0.427. The molecule has 1 aliphatic heterocycles. The van der Waals surface area contributed by atoms with Crippen molar-refractivity contribution >= 4 is 0 Å². The average molecular weight is 252 g/mol. The molecule has 1 rings (SSSR count). The highest BCUT2D eigenvalue weighted by Gasteiger charge is 2.49. The first-order valence-electron chi connectivity index (χ1n) is 5.28. The summed E-state index contributed by atoms with van der Waals surface area (Å²) in [7, 11) is 1.40. The molecule has 1 fully saturated rings. The van der Waals surface area contributed by atoms with Gasteiger partial charge in [-0.05, 0) is 5.53 Å². The van der Waals surface area contributed by atoms with E-state index in [4.69, 9.17) is 10.3 Å². The number of methoxy groups -OCH3 is 1. The fourth-order valence-corrected chi connectivity index (χ4v) is 2.13. The lowest BCUT2D eigenvalue weighted by Crippen LogP contribution is -2.32. The third-order valence-corrected chi connectivity index (χ3v) is 2.90.